The number of nitrogens with zero attached hydrogens (tertiary/aromatic N) is 1. The van der Waals surface area contributed by atoms with Gasteiger partial charge >= 0.3 is 11.9 Å². The number of rotatable bonds is 17. The molecule has 0 atom stereocenters. The SMILES string of the molecule is C=C/C=C/C(=O)OCCN(CCCNC=O)CCOC(=O)CC.C=C/C=C\C.C=C/C=C\C(C)=C/C.C=CC.CC. The van der Waals surface area contributed by atoms with E-state index in [1.54, 1.807) is 25.2 Å². The van der Waals surface area contributed by atoms with E-state index in [0.717, 1.165) is 6.42 Å². The summed E-state index contributed by atoms with van der Waals surface area (Å²) in [5.74, 6) is -0.668. The summed E-state index contributed by atoms with van der Waals surface area (Å²) in [5, 5.41) is 2.59. The van der Waals surface area contributed by atoms with Crippen molar-refractivity contribution in [2.45, 2.75) is 61.3 Å². The summed E-state index contributed by atoms with van der Waals surface area (Å²) in [5.41, 5.74) is 1.27. The highest BCUT2D eigenvalue weighted by atomic mass is 16.5. The molecule has 0 spiro atoms. The fourth-order valence-corrected chi connectivity index (χ4v) is 2.11. The first-order valence-electron chi connectivity index (χ1n) is 14.0. The third-order valence-electron chi connectivity index (χ3n) is 4.14. The van der Waals surface area contributed by atoms with Crippen molar-refractivity contribution < 1.29 is 23.9 Å². The number of ether oxygens (including phenoxy) is 2. The van der Waals surface area contributed by atoms with Gasteiger partial charge in [0.15, 0.2) is 0 Å². The highest BCUT2D eigenvalue weighted by molar-refractivity contribution is 5.82. The second kappa shape index (κ2) is 46.2. The predicted molar refractivity (Wildman–Crippen MR) is 178 cm³/mol. The smallest absolute Gasteiger partial charge is 0.330 e. The largest absolute Gasteiger partial charge is 0.464 e. The Hall–Kier alpha value is -3.71. The van der Waals surface area contributed by atoms with Crippen LogP contribution in [-0.4, -0.2) is 62.6 Å². The Morgan fingerprint density at radius 2 is 1.34 bits per heavy atom. The summed E-state index contributed by atoms with van der Waals surface area (Å²) in [6, 6.07) is 0. The molecule has 0 fully saturated rings. The van der Waals surface area contributed by atoms with Crippen molar-refractivity contribution in [3.63, 3.8) is 0 Å². The Morgan fingerprint density at radius 3 is 1.76 bits per heavy atom. The van der Waals surface area contributed by atoms with Gasteiger partial charge in [0.2, 0.25) is 6.41 Å². The minimum Gasteiger partial charge on any atom is -0.464 e. The number of esters is 2. The first-order valence-corrected chi connectivity index (χ1v) is 14.0. The summed E-state index contributed by atoms with van der Waals surface area (Å²) in [6.07, 6.45) is 21.2. The van der Waals surface area contributed by atoms with Gasteiger partial charge in [0.05, 0.1) is 0 Å². The molecule has 0 aliphatic rings. The molecule has 7 nitrogen and oxygen atoms in total. The van der Waals surface area contributed by atoms with E-state index in [2.05, 4.69) is 44.6 Å². The predicted octanol–water partition coefficient (Wildman–Crippen LogP) is 7.32. The van der Waals surface area contributed by atoms with Crippen LogP contribution in [-0.2, 0) is 23.9 Å². The number of allylic oxidation sites excluding steroid dienone is 11. The maximum atomic E-state index is 11.3. The molecule has 1 N–H and O–H groups in total. The molecule has 0 aliphatic heterocycles. The van der Waals surface area contributed by atoms with Crippen LogP contribution in [0.1, 0.15) is 61.3 Å². The van der Waals surface area contributed by atoms with E-state index in [-0.39, 0.29) is 19.2 Å². The standard InChI is InChI=1S/C16H26N2O5.C8H12.C5H8.C3H6.C2H6/c1-3-5-7-16(21)23-13-11-18(9-6-8-17-14-19)10-12-22-15(20)4-2;1-4-6-7-8(3)5-2;1-3-5-4-2;1-3-2;1-2/h3,5,7,14H,1,4,6,8-13H2,2H3,(H,17,19);4-7H,1H2,2-3H3;3-5H,1H2,2H3;3H,1H2,2H3;1-2H3/b7-5+;7-6-,8-5-;5-4-;;. The van der Waals surface area contributed by atoms with E-state index in [4.69, 9.17) is 9.47 Å². The highest BCUT2D eigenvalue weighted by Gasteiger charge is 2.07. The number of carbonyl (C=O) groups is 3. The van der Waals surface area contributed by atoms with Crippen LogP contribution in [0.3, 0.4) is 0 Å². The van der Waals surface area contributed by atoms with Gasteiger partial charge in [-0.15, -0.1) is 6.58 Å². The molecule has 0 saturated carbocycles. The van der Waals surface area contributed by atoms with Crippen LogP contribution in [0.25, 0.3) is 0 Å². The van der Waals surface area contributed by atoms with E-state index < -0.39 is 5.97 Å². The third kappa shape index (κ3) is 53.3. The summed E-state index contributed by atoms with van der Waals surface area (Å²) >= 11 is 0. The highest BCUT2D eigenvalue weighted by Crippen LogP contribution is 1.95. The summed E-state index contributed by atoms with van der Waals surface area (Å²) in [4.78, 5) is 34.7. The molecule has 0 saturated heterocycles. The van der Waals surface area contributed by atoms with Crippen LogP contribution < -0.4 is 5.32 Å². The van der Waals surface area contributed by atoms with Crippen LogP contribution in [0.5, 0.6) is 0 Å². The Bertz CT molecular complexity index is 765. The molecule has 0 unspecified atom stereocenters. The molecule has 0 aliphatic carbocycles. The molecule has 0 heterocycles. The van der Waals surface area contributed by atoms with Gasteiger partial charge in [-0.2, -0.15) is 0 Å². The van der Waals surface area contributed by atoms with Gasteiger partial charge < -0.3 is 14.8 Å². The molecule has 0 aromatic rings. The fourth-order valence-electron chi connectivity index (χ4n) is 2.11. The second-order valence-electron chi connectivity index (χ2n) is 7.40. The zero-order valence-electron chi connectivity index (χ0n) is 26.9. The zero-order chi connectivity index (χ0) is 32.6. The molecule has 0 aromatic heterocycles. The van der Waals surface area contributed by atoms with E-state index in [1.807, 2.05) is 63.8 Å². The van der Waals surface area contributed by atoms with E-state index in [1.165, 1.54) is 23.8 Å². The van der Waals surface area contributed by atoms with Crippen LogP contribution in [0.15, 0.2) is 98.7 Å². The van der Waals surface area contributed by atoms with Crippen molar-refractivity contribution in [2.24, 2.45) is 0 Å². The number of nitrogens with one attached hydrogen (secondary N) is 1. The number of amides is 1. The van der Waals surface area contributed by atoms with Gasteiger partial charge in [0, 0.05) is 38.7 Å². The average Bonchev–Trinajstić information content (AvgIpc) is 2.99. The number of hydrogen-bond donors (Lipinski definition) is 1. The average molecular weight is 575 g/mol. The van der Waals surface area contributed by atoms with Crippen LogP contribution in [0, 0.1) is 0 Å². The monoisotopic (exact) mass is 574 g/mol. The minimum atomic E-state index is -0.426. The molecule has 7 heteroatoms. The molecular formula is C34H58N2O5. The van der Waals surface area contributed by atoms with Gasteiger partial charge in [-0.3, -0.25) is 14.5 Å². The molecule has 41 heavy (non-hydrogen) atoms. The van der Waals surface area contributed by atoms with Crippen molar-refractivity contribution in [1.82, 2.24) is 10.2 Å². The Kier molecular flexibility index (Phi) is 53.0. The van der Waals surface area contributed by atoms with Crippen molar-refractivity contribution in [3.05, 3.63) is 98.7 Å². The van der Waals surface area contributed by atoms with Gasteiger partial charge in [-0.05, 0) is 34.1 Å². The Morgan fingerprint density at radius 1 is 0.829 bits per heavy atom. The maximum Gasteiger partial charge on any atom is 0.330 e. The minimum absolute atomic E-state index is 0.239. The first kappa shape index (κ1) is 47.1. The zero-order valence-corrected chi connectivity index (χ0v) is 26.9. The van der Waals surface area contributed by atoms with Crippen molar-refractivity contribution in [2.75, 3.05) is 39.4 Å². The van der Waals surface area contributed by atoms with E-state index in [0.29, 0.717) is 39.0 Å². The van der Waals surface area contributed by atoms with Crippen LogP contribution in [0.4, 0.5) is 0 Å². The van der Waals surface area contributed by atoms with Crippen LogP contribution >= 0.6 is 0 Å². The maximum absolute atomic E-state index is 11.3. The summed E-state index contributed by atoms with van der Waals surface area (Å²) < 4.78 is 10.1. The fraction of sp³-hybridized carbons (Fsp3) is 0.441. The number of hydrogen-bond acceptors (Lipinski definition) is 6. The Balaban J connectivity index is -0.000000195. The van der Waals surface area contributed by atoms with Gasteiger partial charge in [0.1, 0.15) is 13.2 Å². The molecule has 0 radical (unpaired) electrons. The lowest BCUT2D eigenvalue weighted by Gasteiger charge is -2.21. The van der Waals surface area contributed by atoms with Gasteiger partial charge in [-0.1, -0.05) is 107 Å². The topological polar surface area (TPSA) is 84.9 Å². The van der Waals surface area contributed by atoms with Crippen LogP contribution in [0.2, 0.25) is 0 Å². The molecule has 0 rings (SSSR count). The first-order chi connectivity index (χ1) is 19.8. The van der Waals surface area contributed by atoms with Crippen molar-refractivity contribution in [1.29, 1.82) is 0 Å². The number of carbonyl (C=O) groups excluding carboxylic acids is 3. The molecular weight excluding hydrogens is 516 g/mol. The lowest BCUT2D eigenvalue weighted by atomic mass is 10.3. The third-order valence-corrected chi connectivity index (χ3v) is 4.14. The van der Waals surface area contributed by atoms with Crippen molar-refractivity contribution >= 4 is 18.3 Å². The molecule has 0 bridgehead atoms. The molecule has 0 aromatic carbocycles. The normalized spacial score (nSPS) is 9.90. The van der Waals surface area contributed by atoms with E-state index in [9.17, 15) is 14.4 Å². The van der Waals surface area contributed by atoms with Crippen molar-refractivity contribution in [3.8, 4) is 0 Å². The van der Waals surface area contributed by atoms with Gasteiger partial charge in [0.25, 0.3) is 0 Å². The Labute approximate surface area is 251 Å². The second-order valence-corrected chi connectivity index (χ2v) is 7.40. The summed E-state index contributed by atoms with van der Waals surface area (Å²) in [6.45, 7) is 30.4. The van der Waals surface area contributed by atoms with E-state index >= 15 is 0 Å². The molecule has 234 valence electrons. The lowest BCUT2D eigenvalue weighted by molar-refractivity contribution is -0.143. The lowest BCUT2D eigenvalue weighted by Crippen LogP contribution is -2.34. The van der Waals surface area contributed by atoms with Gasteiger partial charge in [-0.25, -0.2) is 4.79 Å². The molecule has 1 amide bonds. The quantitative estimate of drug-likeness (QED) is 0.0489. The summed E-state index contributed by atoms with van der Waals surface area (Å²) in [7, 11) is 0.